The summed E-state index contributed by atoms with van der Waals surface area (Å²) in [5.74, 6) is 0.303. The molecule has 0 bridgehead atoms. The van der Waals surface area contributed by atoms with Gasteiger partial charge in [-0.1, -0.05) is 36.8 Å². The second-order valence-corrected chi connectivity index (χ2v) is 8.48. The molecular formula is C22H29N2O3S+. The topological polar surface area (TPSA) is 59.8 Å². The van der Waals surface area contributed by atoms with Gasteiger partial charge in [0.25, 0.3) is 5.91 Å². The maximum atomic E-state index is 12.6. The number of carbonyl (C=O) groups excluding carboxylic acids is 2. The van der Waals surface area contributed by atoms with Gasteiger partial charge in [-0.25, -0.2) is 4.79 Å². The van der Waals surface area contributed by atoms with Crippen molar-refractivity contribution in [2.24, 2.45) is 5.92 Å². The molecule has 150 valence electrons. The van der Waals surface area contributed by atoms with Gasteiger partial charge in [0.15, 0.2) is 6.54 Å². The van der Waals surface area contributed by atoms with E-state index in [2.05, 4.69) is 12.2 Å². The first-order chi connectivity index (χ1) is 13.5. The second-order valence-electron chi connectivity index (χ2n) is 7.60. The van der Waals surface area contributed by atoms with Crippen LogP contribution in [0.2, 0.25) is 0 Å². The highest BCUT2D eigenvalue weighted by Gasteiger charge is 2.25. The van der Waals surface area contributed by atoms with E-state index in [0.717, 1.165) is 48.5 Å². The number of quaternary nitrogens is 1. The van der Waals surface area contributed by atoms with Crippen molar-refractivity contribution in [3.63, 3.8) is 0 Å². The van der Waals surface area contributed by atoms with E-state index in [-0.39, 0.29) is 5.91 Å². The highest BCUT2D eigenvalue weighted by molar-refractivity contribution is 7.15. The smallest absolute Gasteiger partial charge is 0.341 e. The van der Waals surface area contributed by atoms with Gasteiger partial charge in [-0.2, -0.15) is 0 Å². The number of hydrogen-bond donors (Lipinski definition) is 2. The molecule has 0 atom stereocenters. The Morgan fingerprint density at radius 1 is 1.21 bits per heavy atom. The number of nitrogens with one attached hydrogen (secondary N) is 2. The predicted octanol–water partition coefficient (Wildman–Crippen LogP) is 3.15. The molecule has 2 heterocycles. The van der Waals surface area contributed by atoms with Crippen molar-refractivity contribution in [3.8, 4) is 11.1 Å². The molecule has 1 aromatic heterocycles. The minimum Gasteiger partial charge on any atom is -0.462 e. The summed E-state index contributed by atoms with van der Waals surface area (Å²) in [6, 6.07) is 8.01. The van der Waals surface area contributed by atoms with Crippen molar-refractivity contribution < 1.29 is 19.2 Å². The lowest BCUT2D eigenvalue weighted by Crippen LogP contribution is -3.14. The molecule has 2 N–H and O–H groups in total. The van der Waals surface area contributed by atoms with Gasteiger partial charge < -0.3 is 15.0 Å². The van der Waals surface area contributed by atoms with Gasteiger partial charge in [0.1, 0.15) is 10.6 Å². The summed E-state index contributed by atoms with van der Waals surface area (Å²) >= 11 is 1.38. The van der Waals surface area contributed by atoms with Gasteiger partial charge in [-0.05, 0) is 38.2 Å². The number of amides is 1. The minimum absolute atomic E-state index is 0.0487. The molecule has 28 heavy (non-hydrogen) atoms. The summed E-state index contributed by atoms with van der Waals surface area (Å²) in [6.07, 6.45) is 2.32. The summed E-state index contributed by atoms with van der Waals surface area (Å²) in [6.45, 7) is 8.86. The van der Waals surface area contributed by atoms with Crippen LogP contribution in [-0.2, 0) is 9.53 Å². The van der Waals surface area contributed by atoms with Gasteiger partial charge in [-0.15, -0.1) is 11.3 Å². The Hall–Kier alpha value is -2.18. The van der Waals surface area contributed by atoms with Crippen molar-refractivity contribution in [2.75, 3.05) is 31.6 Å². The molecule has 0 unspecified atom stereocenters. The predicted molar refractivity (Wildman–Crippen MR) is 113 cm³/mol. The number of thiophene rings is 1. The Morgan fingerprint density at radius 2 is 1.89 bits per heavy atom. The van der Waals surface area contributed by atoms with E-state index >= 15 is 0 Å². The van der Waals surface area contributed by atoms with Gasteiger partial charge in [0.05, 0.1) is 19.7 Å². The molecule has 0 radical (unpaired) electrons. The molecule has 3 rings (SSSR count). The van der Waals surface area contributed by atoms with Crippen LogP contribution in [0.4, 0.5) is 5.00 Å². The van der Waals surface area contributed by atoms with Crippen LogP contribution in [0.25, 0.3) is 11.1 Å². The molecule has 2 aromatic rings. The Balaban J connectivity index is 1.79. The molecular weight excluding hydrogens is 372 g/mol. The number of aryl methyl sites for hydroxylation is 1. The van der Waals surface area contributed by atoms with Crippen LogP contribution in [-0.4, -0.2) is 38.1 Å². The number of piperidine rings is 1. The third-order valence-electron chi connectivity index (χ3n) is 5.28. The average molecular weight is 402 g/mol. The summed E-state index contributed by atoms with van der Waals surface area (Å²) in [5.41, 5.74) is 3.36. The van der Waals surface area contributed by atoms with Crippen LogP contribution < -0.4 is 10.2 Å². The largest absolute Gasteiger partial charge is 0.462 e. The number of esters is 1. The summed E-state index contributed by atoms with van der Waals surface area (Å²) in [7, 11) is 0. The van der Waals surface area contributed by atoms with Crippen LogP contribution in [0.5, 0.6) is 0 Å². The molecule has 0 spiro atoms. The monoisotopic (exact) mass is 401 g/mol. The molecule has 1 fully saturated rings. The first-order valence-electron chi connectivity index (χ1n) is 9.97. The zero-order valence-corrected chi connectivity index (χ0v) is 17.7. The van der Waals surface area contributed by atoms with Crippen LogP contribution in [0.15, 0.2) is 29.6 Å². The lowest BCUT2D eigenvalue weighted by molar-refractivity contribution is -0.897. The van der Waals surface area contributed by atoms with Gasteiger partial charge in [-0.3, -0.25) is 4.79 Å². The maximum Gasteiger partial charge on any atom is 0.341 e. The number of ether oxygens (including phenoxy) is 1. The summed E-state index contributed by atoms with van der Waals surface area (Å²) in [5, 5.41) is 5.46. The Morgan fingerprint density at radius 3 is 2.54 bits per heavy atom. The third kappa shape index (κ3) is 5.00. The number of benzene rings is 1. The maximum absolute atomic E-state index is 12.6. The quantitative estimate of drug-likeness (QED) is 0.731. The van der Waals surface area contributed by atoms with E-state index in [1.54, 1.807) is 6.92 Å². The fraction of sp³-hybridized carbons (Fsp3) is 0.455. The summed E-state index contributed by atoms with van der Waals surface area (Å²) < 4.78 is 5.27. The minimum atomic E-state index is -0.395. The van der Waals surface area contributed by atoms with E-state index in [1.165, 1.54) is 16.2 Å². The fourth-order valence-corrected chi connectivity index (χ4v) is 4.52. The fourth-order valence-electron chi connectivity index (χ4n) is 3.55. The van der Waals surface area contributed by atoms with Crippen molar-refractivity contribution >= 4 is 28.2 Å². The van der Waals surface area contributed by atoms with Crippen molar-refractivity contribution in [2.45, 2.75) is 33.6 Å². The third-order valence-corrected chi connectivity index (χ3v) is 6.17. The molecule has 1 aliphatic heterocycles. The Kier molecular flexibility index (Phi) is 6.86. The van der Waals surface area contributed by atoms with Crippen LogP contribution >= 0.6 is 11.3 Å². The Bertz CT molecular complexity index is 821. The lowest BCUT2D eigenvalue weighted by atomic mass is 9.99. The number of rotatable bonds is 6. The van der Waals surface area contributed by atoms with Gasteiger partial charge in [0.2, 0.25) is 0 Å². The van der Waals surface area contributed by atoms with Crippen LogP contribution in [0.3, 0.4) is 0 Å². The standard InChI is InChI=1S/C22H28N2O3S/c1-4-27-22(26)20-18(17-7-5-15(2)6-8-17)14-28-21(20)23-19(25)13-24-11-9-16(3)10-12-24/h5-8,14,16H,4,9-13H2,1-3H3,(H,23,25)/p+1. The van der Waals surface area contributed by atoms with Crippen molar-refractivity contribution in [1.82, 2.24) is 0 Å². The van der Waals surface area contributed by atoms with E-state index in [0.29, 0.717) is 23.7 Å². The number of hydrogen-bond acceptors (Lipinski definition) is 4. The SMILES string of the molecule is CCOC(=O)c1c(-c2ccc(C)cc2)csc1NC(=O)C[NH+]1CCC(C)CC1. The number of likely N-dealkylation sites (tertiary alicyclic amines) is 1. The van der Waals surface area contributed by atoms with Gasteiger partial charge >= 0.3 is 5.97 Å². The van der Waals surface area contributed by atoms with E-state index in [1.807, 2.05) is 36.6 Å². The lowest BCUT2D eigenvalue weighted by Gasteiger charge is -2.26. The molecule has 0 saturated carbocycles. The first-order valence-corrected chi connectivity index (χ1v) is 10.8. The molecule has 0 aliphatic carbocycles. The second kappa shape index (κ2) is 9.34. The highest BCUT2D eigenvalue weighted by atomic mass is 32.1. The molecule has 6 heteroatoms. The zero-order valence-electron chi connectivity index (χ0n) is 16.8. The summed E-state index contributed by atoms with van der Waals surface area (Å²) in [4.78, 5) is 26.5. The molecule has 1 saturated heterocycles. The molecule has 1 aromatic carbocycles. The van der Waals surface area contributed by atoms with Crippen molar-refractivity contribution in [1.29, 1.82) is 0 Å². The molecule has 1 amide bonds. The van der Waals surface area contributed by atoms with Crippen molar-refractivity contribution in [3.05, 3.63) is 40.8 Å². The Labute approximate surface area is 170 Å². The van der Waals surface area contributed by atoms with E-state index in [9.17, 15) is 9.59 Å². The highest BCUT2D eigenvalue weighted by Crippen LogP contribution is 2.36. The zero-order chi connectivity index (χ0) is 20.1. The van der Waals surface area contributed by atoms with Gasteiger partial charge in [0, 0.05) is 10.9 Å². The molecule has 5 nitrogen and oxygen atoms in total. The molecule has 1 aliphatic rings. The number of carbonyl (C=O) groups is 2. The average Bonchev–Trinajstić information content (AvgIpc) is 3.08. The number of anilines is 1. The van der Waals surface area contributed by atoms with Crippen LogP contribution in [0, 0.1) is 12.8 Å². The normalized spacial score (nSPS) is 19.2. The van der Waals surface area contributed by atoms with E-state index in [4.69, 9.17) is 4.74 Å². The first kappa shape index (κ1) is 20.6. The van der Waals surface area contributed by atoms with Crippen LogP contribution in [0.1, 0.15) is 42.6 Å². The van der Waals surface area contributed by atoms with E-state index < -0.39 is 5.97 Å².